The van der Waals surface area contributed by atoms with Gasteiger partial charge in [-0.1, -0.05) is 36.4 Å². The van der Waals surface area contributed by atoms with Gasteiger partial charge in [0.05, 0.1) is 24.0 Å². The van der Waals surface area contributed by atoms with Gasteiger partial charge in [-0.15, -0.1) is 0 Å². The lowest BCUT2D eigenvalue weighted by Gasteiger charge is -2.30. The van der Waals surface area contributed by atoms with E-state index in [-0.39, 0.29) is 38.2 Å². The number of carbonyl (C=O) groups is 5. The first-order valence-corrected chi connectivity index (χ1v) is 19.6. The topological polar surface area (TPSA) is 196 Å². The molecule has 2 aliphatic heterocycles. The molecule has 2 aliphatic carbocycles. The molecule has 1 saturated heterocycles. The van der Waals surface area contributed by atoms with E-state index in [9.17, 15) is 32.4 Å². The van der Waals surface area contributed by atoms with Crippen molar-refractivity contribution in [3.05, 3.63) is 72.3 Å². The Kier molecular flexibility index (Phi) is 11.3. The fourth-order valence-corrected chi connectivity index (χ4v) is 7.83. The molecule has 0 radical (unpaired) electrons. The molecule has 2 aromatic rings. The van der Waals surface area contributed by atoms with Crippen LogP contribution in [0.1, 0.15) is 69.7 Å². The molecule has 290 valence electrons. The van der Waals surface area contributed by atoms with Gasteiger partial charge in [0.25, 0.3) is 5.91 Å². The average Bonchev–Trinajstić information content (AvgIpc) is 4.03. The normalized spacial score (nSPS) is 26.8. The highest BCUT2D eigenvalue weighted by molar-refractivity contribution is 7.91. The van der Waals surface area contributed by atoms with Crippen LogP contribution in [0.15, 0.2) is 66.7 Å². The van der Waals surface area contributed by atoms with Crippen LogP contribution in [0.4, 0.5) is 4.79 Å². The Hall–Kier alpha value is -4.96. The van der Waals surface area contributed by atoms with Crippen LogP contribution < -0.4 is 20.1 Å². The Balaban J connectivity index is 1.25. The maximum absolute atomic E-state index is 14.3. The first-order valence-electron chi connectivity index (χ1n) is 18.1. The van der Waals surface area contributed by atoms with Crippen LogP contribution in [0.25, 0.3) is 0 Å². The summed E-state index contributed by atoms with van der Waals surface area (Å²) in [4.78, 5) is 69.6. The van der Waals surface area contributed by atoms with Crippen molar-refractivity contribution in [2.75, 3.05) is 19.8 Å². The van der Waals surface area contributed by atoms with Crippen LogP contribution in [0.2, 0.25) is 0 Å². The largest absolute Gasteiger partial charge is 0.457 e. The number of ether oxygens (including phenoxy) is 4. The number of amides is 4. The second kappa shape index (κ2) is 15.8. The Bertz CT molecular complexity index is 1890. The number of rotatable bonds is 8. The highest BCUT2D eigenvalue weighted by Gasteiger charge is 2.62. The van der Waals surface area contributed by atoms with Gasteiger partial charge >= 0.3 is 12.1 Å². The summed E-state index contributed by atoms with van der Waals surface area (Å²) in [5, 5.41) is 4.67. The van der Waals surface area contributed by atoms with Crippen molar-refractivity contribution in [3.63, 3.8) is 0 Å². The highest BCUT2D eigenvalue weighted by atomic mass is 32.2. The molecule has 5 atom stereocenters. The van der Waals surface area contributed by atoms with Gasteiger partial charge in [-0.2, -0.15) is 0 Å². The van der Waals surface area contributed by atoms with Gasteiger partial charge in [0.2, 0.25) is 21.8 Å². The maximum atomic E-state index is 14.3. The molecule has 0 aromatic heterocycles. The van der Waals surface area contributed by atoms with Crippen molar-refractivity contribution in [2.24, 2.45) is 5.92 Å². The van der Waals surface area contributed by atoms with Crippen molar-refractivity contribution in [1.82, 2.24) is 20.3 Å². The van der Waals surface area contributed by atoms with Gasteiger partial charge in [0, 0.05) is 18.9 Å². The van der Waals surface area contributed by atoms with E-state index in [1.165, 1.54) is 11.0 Å². The third-order valence-electron chi connectivity index (χ3n) is 9.44. The number of benzene rings is 2. The van der Waals surface area contributed by atoms with Crippen molar-refractivity contribution in [2.45, 2.75) is 93.9 Å². The minimum absolute atomic E-state index is 0.140. The van der Waals surface area contributed by atoms with Crippen molar-refractivity contribution in [1.29, 1.82) is 0 Å². The Morgan fingerprint density at radius 3 is 2.48 bits per heavy atom. The number of para-hydroxylation sites is 1. The summed E-state index contributed by atoms with van der Waals surface area (Å²) in [6, 6.07) is 12.8. The van der Waals surface area contributed by atoms with Crippen LogP contribution in [0.5, 0.6) is 11.5 Å². The number of hydrogen-bond acceptors (Lipinski definition) is 11. The number of nitrogens with zero attached hydrogens (tertiary/aromatic N) is 1. The van der Waals surface area contributed by atoms with Crippen LogP contribution >= 0.6 is 0 Å². The van der Waals surface area contributed by atoms with E-state index < -0.39 is 80.3 Å². The number of allylic oxidation sites excluding steroid dienone is 1. The van der Waals surface area contributed by atoms with E-state index in [4.69, 9.17) is 18.9 Å². The summed E-state index contributed by atoms with van der Waals surface area (Å²) >= 11 is 0. The first kappa shape index (κ1) is 38.8. The molecular weight excluding hydrogens is 721 g/mol. The molecule has 15 nitrogen and oxygen atoms in total. The lowest BCUT2D eigenvalue weighted by Crippen LogP contribution is -2.59. The monoisotopic (exact) mass is 766 g/mol. The van der Waals surface area contributed by atoms with Crippen molar-refractivity contribution >= 4 is 39.8 Å². The lowest BCUT2D eigenvalue weighted by atomic mass is 10.1. The zero-order chi connectivity index (χ0) is 38.7. The second-order valence-electron chi connectivity index (χ2n) is 15.0. The summed E-state index contributed by atoms with van der Waals surface area (Å²) in [6.45, 7) is 4.78. The van der Waals surface area contributed by atoms with Crippen LogP contribution in [0, 0.1) is 5.92 Å². The number of alkyl carbamates (subject to hydrolysis) is 1. The Morgan fingerprint density at radius 1 is 1.02 bits per heavy atom. The smallest absolute Gasteiger partial charge is 0.408 e. The molecule has 16 heteroatoms. The molecule has 2 heterocycles. The molecule has 6 rings (SSSR count). The molecule has 0 unspecified atom stereocenters. The van der Waals surface area contributed by atoms with Gasteiger partial charge in [-0.3, -0.25) is 19.1 Å². The SMILES string of the molecule is CC(C)(C)OC(=O)N[C@H]1COCCC/C=C\[C@@H]2C[C@@]2(C(=O)NS(=O)(=O)C2CC2)NC(=O)[C@@H]2C[C@@H](OC(=O)c3cccc(Oc4ccccc4)c3)CN2C1=O. The van der Waals surface area contributed by atoms with Gasteiger partial charge in [0.1, 0.15) is 40.8 Å². The minimum Gasteiger partial charge on any atom is -0.457 e. The van der Waals surface area contributed by atoms with Gasteiger partial charge in [0.15, 0.2) is 0 Å². The minimum atomic E-state index is -3.93. The molecule has 0 bridgehead atoms. The van der Waals surface area contributed by atoms with E-state index in [1.54, 1.807) is 57.2 Å². The van der Waals surface area contributed by atoms with E-state index in [0.29, 0.717) is 37.2 Å². The number of esters is 1. The quantitative estimate of drug-likeness (QED) is 0.263. The second-order valence-corrected chi connectivity index (χ2v) is 17.0. The molecule has 54 heavy (non-hydrogen) atoms. The average molecular weight is 767 g/mol. The zero-order valence-electron chi connectivity index (χ0n) is 30.4. The van der Waals surface area contributed by atoms with Crippen LogP contribution in [0.3, 0.4) is 0 Å². The maximum Gasteiger partial charge on any atom is 0.408 e. The van der Waals surface area contributed by atoms with E-state index >= 15 is 0 Å². The van der Waals surface area contributed by atoms with Crippen molar-refractivity contribution < 1.29 is 51.3 Å². The Labute approximate surface area is 314 Å². The number of sulfonamides is 1. The van der Waals surface area contributed by atoms with E-state index in [2.05, 4.69) is 15.4 Å². The zero-order valence-corrected chi connectivity index (χ0v) is 31.3. The number of nitrogens with one attached hydrogen (secondary N) is 3. The molecule has 3 N–H and O–H groups in total. The molecule has 0 spiro atoms. The van der Waals surface area contributed by atoms with E-state index in [1.807, 2.05) is 24.3 Å². The summed E-state index contributed by atoms with van der Waals surface area (Å²) in [5.41, 5.74) is -2.29. The summed E-state index contributed by atoms with van der Waals surface area (Å²) in [5.74, 6) is -2.58. The van der Waals surface area contributed by atoms with Gasteiger partial charge in [-0.25, -0.2) is 18.0 Å². The lowest BCUT2D eigenvalue weighted by molar-refractivity contribution is -0.142. The van der Waals surface area contributed by atoms with Gasteiger partial charge < -0.3 is 34.5 Å². The fraction of sp³-hybridized carbons (Fsp3) is 0.500. The first-order chi connectivity index (χ1) is 25.6. The fourth-order valence-electron chi connectivity index (χ4n) is 6.46. The number of carbonyl (C=O) groups excluding carboxylic acids is 5. The number of fused-ring (bicyclic) bond motifs is 2. The highest BCUT2D eigenvalue weighted by Crippen LogP contribution is 2.46. The standard InChI is InChI=1S/C38H46N4O11S/c1-37(2,3)53-36(47)39-30-23-50-18-9-5-6-12-25-21-38(25,35(46)41-54(48,49)29-16-17-29)40-32(43)31-20-28(22-42(31)33(30)44)52-34(45)24-11-10-15-27(19-24)51-26-13-7-4-8-14-26/h4,6-8,10-15,19,25,28-31H,5,9,16-18,20-23H2,1-3H3,(H,39,47)(H,40,43)(H,41,46)/b12-6-/t25-,28-,30+,31+,38-/m1/s1. The molecule has 4 aliphatic rings. The summed E-state index contributed by atoms with van der Waals surface area (Å²) < 4.78 is 50.6. The molecular formula is C38H46N4O11S. The van der Waals surface area contributed by atoms with Crippen molar-refractivity contribution in [3.8, 4) is 11.5 Å². The third kappa shape index (κ3) is 9.58. The van der Waals surface area contributed by atoms with Crippen LogP contribution in [-0.2, 0) is 38.6 Å². The van der Waals surface area contributed by atoms with E-state index in [0.717, 1.165) is 0 Å². The summed E-state index contributed by atoms with van der Waals surface area (Å²) in [6.07, 6.45) is 3.71. The summed E-state index contributed by atoms with van der Waals surface area (Å²) in [7, 11) is -3.93. The third-order valence-corrected chi connectivity index (χ3v) is 11.3. The molecule has 4 amide bonds. The molecule has 2 aromatic carbocycles. The molecule has 2 saturated carbocycles. The van der Waals surface area contributed by atoms with Crippen LogP contribution in [-0.4, -0.2) is 97.4 Å². The predicted octanol–water partition coefficient (Wildman–Crippen LogP) is 3.35. The van der Waals surface area contributed by atoms with Gasteiger partial charge in [-0.05, 0) is 83.2 Å². The predicted molar refractivity (Wildman–Crippen MR) is 194 cm³/mol. The number of hydrogen-bond donors (Lipinski definition) is 3. The Morgan fingerprint density at radius 2 is 1.76 bits per heavy atom. The molecule has 3 fully saturated rings.